The van der Waals surface area contributed by atoms with Gasteiger partial charge in [-0.1, -0.05) is 42.0 Å². The van der Waals surface area contributed by atoms with E-state index in [1.165, 1.54) is 0 Å². The molecular formula is C20H19N3O2. The molecule has 1 amide bonds. The molecule has 2 heterocycles. The van der Waals surface area contributed by atoms with E-state index >= 15 is 0 Å². The molecule has 4 rings (SSSR count). The van der Waals surface area contributed by atoms with Crippen LogP contribution in [0.2, 0.25) is 0 Å². The molecule has 1 saturated heterocycles. The van der Waals surface area contributed by atoms with Crippen molar-refractivity contribution in [3.63, 3.8) is 0 Å². The van der Waals surface area contributed by atoms with Crippen molar-refractivity contribution in [2.75, 3.05) is 6.54 Å². The summed E-state index contributed by atoms with van der Waals surface area (Å²) in [4.78, 5) is 34.0. The maximum Gasteiger partial charge on any atom is 0.258 e. The first kappa shape index (κ1) is 15.6. The van der Waals surface area contributed by atoms with Crippen LogP contribution in [0.3, 0.4) is 0 Å². The van der Waals surface area contributed by atoms with E-state index in [4.69, 9.17) is 0 Å². The quantitative estimate of drug-likeness (QED) is 0.801. The lowest BCUT2D eigenvalue weighted by molar-refractivity contribution is -0.128. The minimum atomic E-state index is -0.141. The standard InChI is InChI=1S/C20H19N3O2/c1-13-7-8-17-16(9-13)20(25)22-19(21-17)15-10-18(24)23(12-15)11-14-5-3-2-4-6-14/h2-9,15H,10-12H2,1H3,(H,21,22,25)/t15-/m1/s1. The average Bonchev–Trinajstić information content (AvgIpc) is 2.97. The number of likely N-dealkylation sites (tertiary alicyclic amines) is 1. The molecule has 1 fully saturated rings. The van der Waals surface area contributed by atoms with Gasteiger partial charge in [0.2, 0.25) is 5.91 Å². The fraction of sp³-hybridized carbons (Fsp3) is 0.250. The van der Waals surface area contributed by atoms with Crippen molar-refractivity contribution in [3.8, 4) is 0 Å². The number of benzene rings is 2. The number of aromatic nitrogens is 2. The van der Waals surface area contributed by atoms with Gasteiger partial charge in [-0.05, 0) is 24.6 Å². The second kappa shape index (κ2) is 6.16. The predicted molar refractivity (Wildman–Crippen MR) is 96.3 cm³/mol. The van der Waals surface area contributed by atoms with Crippen LogP contribution in [0.4, 0.5) is 0 Å². The van der Waals surface area contributed by atoms with E-state index in [-0.39, 0.29) is 17.4 Å². The van der Waals surface area contributed by atoms with Crippen molar-refractivity contribution in [2.45, 2.75) is 25.8 Å². The van der Waals surface area contributed by atoms with Gasteiger partial charge in [0.25, 0.3) is 5.56 Å². The molecule has 0 bridgehead atoms. The molecule has 5 heteroatoms. The van der Waals surface area contributed by atoms with Gasteiger partial charge >= 0.3 is 0 Å². The van der Waals surface area contributed by atoms with Crippen molar-refractivity contribution < 1.29 is 4.79 Å². The fourth-order valence-electron chi connectivity index (χ4n) is 3.38. The van der Waals surface area contributed by atoms with E-state index in [2.05, 4.69) is 9.97 Å². The second-order valence-electron chi connectivity index (χ2n) is 6.63. The van der Waals surface area contributed by atoms with Crippen LogP contribution in [0.25, 0.3) is 10.9 Å². The zero-order valence-electron chi connectivity index (χ0n) is 14.0. The summed E-state index contributed by atoms with van der Waals surface area (Å²) < 4.78 is 0. The summed E-state index contributed by atoms with van der Waals surface area (Å²) in [5, 5.41) is 0.592. The van der Waals surface area contributed by atoms with Crippen LogP contribution in [0.1, 0.15) is 29.3 Å². The third-order valence-electron chi connectivity index (χ3n) is 4.70. The molecule has 0 saturated carbocycles. The van der Waals surface area contributed by atoms with Crippen LogP contribution in [-0.4, -0.2) is 27.3 Å². The summed E-state index contributed by atoms with van der Waals surface area (Å²) in [5.41, 5.74) is 2.67. The minimum absolute atomic E-state index is 0.0744. The molecule has 126 valence electrons. The molecule has 25 heavy (non-hydrogen) atoms. The number of rotatable bonds is 3. The monoisotopic (exact) mass is 333 g/mol. The van der Waals surface area contributed by atoms with Crippen LogP contribution < -0.4 is 5.56 Å². The van der Waals surface area contributed by atoms with Gasteiger partial charge in [0.1, 0.15) is 5.82 Å². The van der Waals surface area contributed by atoms with Gasteiger partial charge in [-0.15, -0.1) is 0 Å². The van der Waals surface area contributed by atoms with Crippen molar-refractivity contribution in [1.29, 1.82) is 0 Å². The first-order valence-electron chi connectivity index (χ1n) is 8.42. The Kier molecular flexibility index (Phi) is 3.84. The maximum absolute atomic E-state index is 12.4. The highest BCUT2D eigenvalue weighted by Crippen LogP contribution is 2.27. The molecule has 1 N–H and O–H groups in total. The molecule has 1 atom stereocenters. The number of nitrogens with one attached hydrogen (secondary N) is 1. The summed E-state index contributed by atoms with van der Waals surface area (Å²) in [6.07, 6.45) is 0.382. The molecule has 0 spiro atoms. The van der Waals surface area contributed by atoms with E-state index < -0.39 is 0 Å². The Bertz CT molecular complexity index is 995. The zero-order valence-corrected chi connectivity index (χ0v) is 14.0. The predicted octanol–water partition coefficient (Wildman–Crippen LogP) is 2.75. The highest BCUT2D eigenvalue weighted by molar-refractivity contribution is 5.80. The molecule has 5 nitrogen and oxygen atoms in total. The summed E-state index contributed by atoms with van der Waals surface area (Å²) in [6.45, 7) is 3.12. The van der Waals surface area contributed by atoms with E-state index in [0.717, 1.165) is 11.1 Å². The summed E-state index contributed by atoms with van der Waals surface area (Å²) >= 11 is 0. The SMILES string of the molecule is Cc1ccc2nc([C@@H]3CC(=O)N(Cc4ccccc4)C3)[nH]c(=O)c2c1. The normalized spacial score (nSPS) is 17.4. The van der Waals surface area contributed by atoms with Gasteiger partial charge in [-0.25, -0.2) is 4.98 Å². The summed E-state index contributed by atoms with van der Waals surface area (Å²) in [5.74, 6) is 0.625. The number of aromatic amines is 1. The van der Waals surface area contributed by atoms with Crippen molar-refractivity contribution in [3.05, 3.63) is 75.8 Å². The van der Waals surface area contributed by atoms with Gasteiger partial charge in [0, 0.05) is 25.4 Å². The molecule has 0 radical (unpaired) electrons. The fourth-order valence-corrected chi connectivity index (χ4v) is 3.38. The third kappa shape index (κ3) is 3.05. The van der Waals surface area contributed by atoms with Crippen LogP contribution in [0.15, 0.2) is 53.3 Å². The molecule has 3 aromatic rings. The maximum atomic E-state index is 12.4. The number of nitrogens with zero attached hydrogens (tertiary/aromatic N) is 2. The number of fused-ring (bicyclic) bond motifs is 1. The Hall–Kier alpha value is -2.95. The lowest BCUT2D eigenvalue weighted by atomic mass is 10.1. The topological polar surface area (TPSA) is 66.1 Å². The van der Waals surface area contributed by atoms with Crippen molar-refractivity contribution >= 4 is 16.8 Å². The number of amides is 1. The Morgan fingerprint density at radius 2 is 1.96 bits per heavy atom. The molecule has 1 aromatic heterocycles. The number of carbonyl (C=O) groups excluding carboxylic acids is 1. The Balaban J connectivity index is 1.60. The van der Waals surface area contributed by atoms with Gasteiger partial charge in [-0.3, -0.25) is 9.59 Å². The molecule has 0 unspecified atom stereocenters. The highest BCUT2D eigenvalue weighted by Gasteiger charge is 2.32. The Morgan fingerprint density at radius 3 is 2.76 bits per heavy atom. The Labute approximate surface area is 145 Å². The molecular weight excluding hydrogens is 314 g/mol. The number of H-pyrrole nitrogens is 1. The Morgan fingerprint density at radius 1 is 1.16 bits per heavy atom. The second-order valence-corrected chi connectivity index (χ2v) is 6.63. The lowest BCUT2D eigenvalue weighted by Crippen LogP contribution is -2.24. The summed E-state index contributed by atoms with van der Waals surface area (Å²) in [6, 6.07) is 15.6. The number of hydrogen-bond acceptors (Lipinski definition) is 3. The first-order chi connectivity index (χ1) is 12.1. The average molecular weight is 333 g/mol. The minimum Gasteiger partial charge on any atom is -0.338 e. The van der Waals surface area contributed by atoms with Gasteiger partial charge < -0.3 is 9.88 Å². The molecule has 1 aliphatic heterocycles. The molecule has 2 aromatic carbocycles. The number of hydrogen-bond donors (Lipinski definition) is 1. The van der Waals surface area contributed by atoms with Gasteiger partial charge in [-0.2, -0.15) is 0 Å². The summed E-state index contributed by atoms with van der Waals surface area (Å²) in [7, 11) is 0. The molecule has 1 aliphatic rings. The van der Waals surface area contributed by atoms with E-state index in [1.807, 2.05) is 60.4 Å². The van der Waals surface area contributed by atoms with Crippen LogP contribution >= 0.6 is 0 Å². The van der Waals surface area contributed by atoms with E-state index in [0.29, 0.717) is 36.2 Å². The van der Waals surface area contributed by atoms with Gasteiger partial charge in [0.15, 0.2) is 0 Å². The van der Waals surface area contributed by atoms with Crippen LogP contribution in [-0.2, 0) is 11.3 Å². The van der Waals surface area contributed by atoms with Crippen LogP contribution in [0.5, 0.6) is 0 Å². The van der Waals surface area contributed by atoms with Crippen molar-refractivity contribution in [1.82, 2.24) is 14.9 Å². The largest absolute Gasteiger partial charge is 0.338 e. The lowest BCUT2D eigenvalue weighted by Gasteiger charge is -2.16. The smallest absolute Gasteiger partial charge is 0.258 e. The zero-order chi connectivity index (χ0) is 17.4. The number of aryl methyl sites for hydroxylation is 1. The van der Waals surface area contributed by atoms with E-state index in [1.54, 1.807) is 0 Å². The van der Waals surface area contributed by atoms with Crippen molar-refractivity contribution in [2.24, 2.45) is 0 Å². The third-order valence-corrected chi connectivity index (χ3v) is 4.70. The van der Waals surface area contributed by atoms with Crippen LogP contribution in [0, 0.1) is 6.92 Å². The first-order valence-corrected chi connectivity index (χ1v) is 8.42. The number of carbonyl (C=O) groups is 1. The highest BCUT2D eigenvalue weighted by atomic mass is 16.2. The van der Waals surface area contributed by atoms with E-state index in [9.17, 15) is 9.59 Å². The van der Waals surface area contributed by atoms with Gasteiger partial charge in [0.05, 0.1) is 10.9 Å². The molecule has 0 aliphatic carbocycles.